The van der Waals surface area contributed by atoms with Gasteiger partial charge in [0.2, 0.25) is 15.7 Å². The summed E-state index contributed by atoms with van der Waals surface area (Å²) in [5.74, 6) is -1.61. The fourth-order valence-electron chi connectivity index (χ4n) is 3.21. The average molecular weight is 477 g/mol. The van der Waals surface area contributed by atoms with Crippen LogP contribution in [0.1, 0.15) is 39.9 Å². The fourth-order valence-corrected chi connectivity index (χ4v) is 5.42. The molecule has 30 heavy (non-hydrogen) atoms. The first-order valence-corrected chi connectivity index (χ1v) is 11.0. The maximum absolute atomic E-state index is 13.0. The molecule has 1 aromatic carbocycles. The number of halogens is 2. The highest BCUT2D eigenvalue weighted by Gasteiger charge is 2.35. The average Bonchev–Trinajstić information content (AvgIpc) is 3.19. The minimum absolute atomic E-state index is 0.0703. The second-order valence-electron chi connectivity index (χ2n) is 6.42. The standard InChI is InChI=1S/C17H18Cl2N4O6S/c1-28-16(24)14-15(17(25)29-2)23(21-20-14)11-5-7-22(8-6-11)30(26,27)13-9-10(18)3-4-12(13)19/h3-4,9,11H,5-8H2,1-2H3. The van der Waals surface area contributed by atoms with E-state index >= 15 is 0 Å². The summed E-state index contributed by atoms with van der Waals surface area (Å²) in [6, 6.07) is 3.87. The highest BCUT2D eigenvalue weighted by molar-refractivity contribution is 7.89. The quantitative estimate of drug-likeness (QED) is 0.601. The van der Waals surface area contributed by atoms with Gasteiger partial charge in [0.25, 0.3) is 0 Å². The molecule has 1 aromatic heterocycles. The zero-order chi connectivity index (χ0) is 22.1. The van der Waals surface area contributed by atoms with Gasteiger partial charge in [0.1, 0.15) is 4.90 Å². The van der Waals surface area contributed by atoms with Crippen molar-refractivity contribution < 1.29 is 27.5 Å². The van der Waals surface area contributed by atoms with Crippen LogP contribution in [0.25, 0.3) is 0 Å². The van der Waals surface area contributed by atoms with E-state index in [-0.39, 0.29) is 45.5 Å². The minimum Gasteiger partial charge on any atom is -0.464 e. The lowest BCUT2D eigenvalue weighted by molar-refractivity contribution is 0.0539. The molecule has 1 aliphatic rings. The number of benzene rings is 1. The van der Waals surface area contributed by atoms with Crippen LogP contribution in [0.15, 0.2) is 23.1 Å². The first-order chi connectivity index (χ1) is 14.2. The third-order valence-corrected chi connectivity index (χ3v) is 7.35. The van der Waals surface area contributed by atoms with Crippen molar-refractivity contribution >= 4 is 45.2 Å². The van der Waals surface area contributed by atoms with Crippen LogP contribution in [0, 0.1) is 0 Å². The lowest BCUT2D eigenvalue weighted by atomic mass is 10.1. The number of aromatic nitrogens is 3. The number of sulfonamides is 1. The number of hydrogen-bond donors (Lipinski definition) is 0. The lowest BCUT2D eigenvalue weighted by Gasteiger charge is -2.31. The Kier molecular flexibility index (Phi) is 6.65. The van der Waals surface area contributed by atoms with E-state index in [4.69, 9.17) is 27.9 Å². The number of rotatable bonds is 5. The fraction of sp³-hybridized carbons (Fsp3) is 0.412. The van der Waals surface area contributed by atoms with E-state index in [2.05, 4.69) is 15.0 Å². The zero-order valence-corrected chi connectivity index (χ0v) is 18.4. The predicted octanol–water partition coefficient (Wildman–Crippen LogP) is 2.18. The van der Waals surface area contributed by atoms with E-state index in [1.807, 2.05) is 0 Å². The Balaban J connectivity index is 1.84. The van der Waals surface area contributed by atoms with E-state index in [0.29, 0.717) is 12.8 Å². The molecule has 1 aliphatic heterocycles. The van der Waals surface area contributed by atoms with Crippen LogP contribution >= 0.6 is 23.2 Å². The summed E-state index contributed by atoms with van der Waals surface area (Å²) in [6.07, 6.45) is 0.650. The van der Waals surface area contributed by atoms with Crippen molar-refractivity contribution in [1.29, 1.82) is 0 Å². The first-order valence-electron chi connectivity index (χ1n) is 8.77. The molecular weight excluding hydrogens is 459 g/mol. The number of carbonyl (C=O) groups excluding carboxylic acids is 2. The molecular formula is C17H18Cl2N4O6S. The minimum atomic E-state index is -3.86. The van der Waals surface area contributed by atoms with Crippen molar-refractivity contribution in [1.82, 2.24) is 19.3 Å². The molecule has 0 atom stereocenters. The number of hydrogen-bond acceptors (Lipinski definition) is 8. The smallest absolute Gasteiger partial charge is 0.361 e. The number of carbonyl (C=O) groups is 2. The van der Waals surface area contributed by atoms with Crippen molar-refractivity contribution in [2.75, 3.05) is 27.3 Å². The molecule has 0 N–H and O–H groups in total. The van der Waals surface area contributed by atoms with E-state index in [1.54, 1.807) is 0 Å². The van der Waals surface area contributed by atoms with Crippen LogP contribution in [0.5, 0.6) is 0 Å². The molecule has 0 radical (unpaired) electrons. The Bertz CT molecular complexity index is 1080. The summed E-state index contributed by atoms with van der Waals surface area (Å²) in [5, 5.41) is 7.98. The summed E-state index contributed by atoms with van der Waals surface area (Å²) < 4.78 is 37.9. The van der Waals surface area contributed by atoms with Gasteiger partial charge in [-0.15, -0.1) is 5.10 Å². The predicted molar refractivity (Wildman–Crippen MR) is 106 cm³/mol. The Labute approximate surface area is 182 Å². The number of piperidine rings is 1. The second-order valence-corrected chi connectivity index (χ2v) is 9.17. The molecule has 1 fully saturated rings. The van der Waals surface area contributed by atoms with Gasteiger partial charge in [0, 0.05) is 18.1 Å². The van der Waals surface area contributed by atoms with Crippen molar-refractivity contribution in [3.05, 3.63) is 39.6 Å². The summed E-state index contributed by atoms with van der Waals surface area (Å²) >= 11 is 12.0. The van der Waals surface area contributed by atoms with Crippen LogP contribution in [0.4, 0.5) is 0 Å². The van der Waals surface area contributed by atoms with Gasteiger partial charge in [-0.2, -0.15) is 4.31 Å². The van der Waals surface area contributed by atoms with Crippen LogP contribution < -0.4 is 0 Å². The van der Waals surface area contributed by atoms with Gasteiger partial charge in [-0.3, -0.25) is 0 Å². The highest BCUT2D eigenvalue weighted by atomic mass is 35.5. The third kappa shape index (κ3) is 4.15. The molecule has 0 saturated carbocycles. The second kappa shape index (κ2) is 8.88. The van der Waals surface area contributed by atoms with Crippen molar-refractivity contribution in [2.45, 2.75) is 23.8 Å². The molecule has 0 aliphatic carbocycles. The van der Waals surface area contributed by atoms with Gasteiger partial charge in [0.05, 0.1) is 25.3 Å². The normalized spacial score (nSPS) is 15.7. The number of ether oxygens (including phenoxy) is 2. The molecule has 10 nitrogen and oxygen atoms in total. The number of methoxy groups -OCH3 is 2. The number of nitrogens with zero attached hydrogens (tertiary/aromatic N) is 4. The Hall–Kier alpha value is -2.21. The number of esters is 2. The summed E-state index contributed by atoms with van der Waals surface area (Å²) in [4.78, 5) is 24.0. The molecule has 0 unspecified atom stereocenters. The van der Waals surface area contributed by atoms with Crippen LogP contribution in [-0.2, 0) is 19.5 Å². The molecule has 13 heteroatoms. The van der Waals surface area contributed by atoms with Crippen molar-refractivity contribution in [2.24, 2.45) is 0 Å². The zero-order valence-electron chi connectivity index (χ0n) is 16.0. The molecule has 2 aromatic rings. The van der Waals surface area contributed by atoms with Gasteiger partial charge < -0.3 is 9.47 Å². The SMILES string of the molecule is COC(=O)c1nnn(C2CCN(S(=O)(=O)c3cc(Cl)ccc3Cl)CC2)c1C(=O)OC. The summed E-state index contributed by atoms with van der Waals surface area (Å²) in [7, 11) is -1.53. The van der Waals surface area contributed by atoms with Crippen LogP contribution in [0.2, 0.25) is 10.0 Å². The molecule has 2 heterocycles. The van der Waals surface area contributed by atoms with Gasteiger partial charge in [0.15, 0.2) is 5.69 Å². The van der Waals surface area contributed by atoms with Gasteiger partial charge in [-0.25, -0.2) is 22.7 Å². The lowest BCUT2D eigenvalue weighted by Crippen LogP contribution is -2.39. The maximum Gasteiger partial charge on any atom is 0.361 e. The Morgan fingerprint density at radius 1 is 1.10 bits per heavy atom. The maximum atomic E-state index is 13.0. The molecule has 162 valence electrons. The largest absolute Gasteiger partial charge is 0.464 e. The molecule has 0 spiro atoms. The Morgan fingerprint density at radius 3 is 2.33 bits per heavy atom. The van der Waals surface area contributed by atoms with Gasteiger partial charge in [-0.1, -0.05) is 28.4 Å². The van der Waals surface area contributed by atoms with E-state index < -0.39 is 22.0 Å². The monoisotopic (exact) mass is 476 g/mol. The topological polar surface area (TPSA) is 121 Å². The van der Waals surface area contributed by atoms with E-state index in [0.717, 1.165) is 7.11 Å². The van der Waals surface area contributed by atoms with Gasteiger partial charge >= 0.3 is 11.9 Å². The van der Waals surface area contributed by atoms with Gasteiger partial charge in [-0.05, 0) is 31.0 Å². The Morgan fingerprint density at radius 2 is 1.73 bits per heavy atom. The third-order valence-electron chi connectivity index (χ3n) is 4.73. The molecule has 0 amide bonds. The first kappa shape index (κ1) is 22.5. The molecule has 3 rings (SSSR count). The summed E-state index contributed by atoms with van der Waals surface area (Å²) in [5.41, 5.74) is -0.395. The van der Waals surface area contributed by atoms with E-state index in [1.165, 1.54) is 34.3 Å². The van der Waals surface area contributed by atoms with Crippen LogP contribution in [-0.4, -0.2) is 67.0 Å². The highest BCUT2D eigenvalue weighted by Crippen LogP contribution is 2.32. The van der Waals surface area contributed by atoms with Crippen LogP contribution in [0.3, 0.4) is 0 Å². The van der Waals surface area contributed by atoms with Crippen molar-refractivity contribution in [3.8, 4) is 0 Å². The molecule has 0 bridgehead atoms. The molecule has 1 saturated heterocycles. The van der Waals surface area contributed by atoms with Crippen molar-refractivity contribution in [3.63, 3.8) is 0 Å². The van der Waals surface area contributed by atoms with E-state index in [9.17, 15) is 18.0 Å². The summed E-state index contributed by atoms with van der Waals surface area (Å²) in [6.45, 7) is 0.285.